The zero-order valence-corrected chi connectivity index (χ0v) is 11.3. The summed E-state index contributed by atoms with van der Waals surface area (Å²) in [5, 5.41) is 10.4. The van der Waals surface area contributed by atoms with Gasteiger partial charge in [0.15, 0.2) is 0 Å². The van der Waals surface area contributed by atoms with Crippen molar-refractivity contribution in [3.8, 4) is 0 Å². The van der Waals surface area contributed by atoms with E-state index >= 15 is 0 Å². The molecule has 0 amide bonds. The summed E-state index contributed by atoms with van der Waals surface area (Å²) >= 11 is 0. The molecule has 0 aliphatic heterocycles. The molecular weight excluding hydrogens is 186 g/mol. The molecule has 0 spiro atoms. The molecule has 0 aromatic heterocycles. The fraction of sp³-hybridized carbons (Fsp3) is 1.00. The first kappa shape index (κ1) is 14.9. The molecule has 0 unspecified atom stereocenters. The molecule has 0 rings (SSSR count). The van der Waals surface area contributed by atoms with Crippen LogP contribution < -0.4 is 16.0 Å². The number of hydrogen-bond acceptors (Lipinski definition) is 3. The maximum Gasteiger partial charge on any atom is 0.0250 e. The molecule has 0 heterocycles. The van der Waals surface area contributed by atoms with Crippen molar-refractivity contribution in [2.75, 3.05) is 26.2 Å². The Labute approximate surface area is 95.4 Å². The van der Waals surface area contributed by atoms with Crippen LogP contribution in [0.2, 0.25) is 0 Å². The Morgan fingerprint density at radius 2 is 1.27 bits per heavy atom. The van der Waals surface area contributed by atoms with E-state index in [1.165, 1.54) is 0 Å². The van der Waals surface area contributed by atoms with Crippen molar-refractivity contribution in [3.63, 3.8) is 0 Å². The van der Waals surface area contributed by atoms with Gasteiger partial charge in [-0.1, -0.05) is 13.8 Å². The molecule has 0 aromatic rings. The highest BCUT2D eigenvalue weighted by Gasteiger charge is 2.22. The van der Waals surface area contributed by atoms with Crippen LogP contribution in [0.1, 0.15) is 41.5 Å². The molecule has 0 bridgehead atoms. The summed E-state index contributed by atoms with van der Waals surface area (Å²) in [6.07, 6.45) is 0. The van der Waals surface area contributed by atoms with Gasteiger partial charge in [0.1, 0.15) is 0 Å². The Bertz CT molecular complexity index is 164. The second kappa shape index (κ2) is 6.46. The monoisotopic (exact) mass is 215 g/mol. The molecule has 3 heteroatoms. The van der Waals surface area contributed by atoms with Gasteiger partial charge in [0.05, 0.1) is 0 Å². The van der Waals surface area contributed by atoms with E-state index in [9.17, 15) is 0 Å². The number of nitrogens with one attached hydrogen (secondary N) is 3. The van der Waals surface area contributed by atoms with Crippen LogP contribution in [0, 0.1) is 0 Å². The summed E-state index contributed by atoms with van der Waals surface area (Å²) in [6.45, 7) is 17.2. The molecule has 0 aliphatic carbocycles. The minimum atomic E-state index is 0.155. The van der Waals surface area contributed by atoms with E-state index in [0.29, 0.717) is 0 Å². The van der Waals surface area contributed by atoms with Crippen LogP contribution >= 0.6 is 0 Å². The normalized spacial score (nSPS) is 13.2. The Balaban J connectivity index is 3.90. The van der Waals surface area contributed by atoms with Crippen LogP contribution in [-0.2, 0) is 0 Å². The van der Waals surface area contributed by atoms with Crippen molar-refractivity contribution < 1.29 is 0 Å². The highest BCUT2D eigenvalue weighted by molar-refractivity contribution is 4.87. The molecule has 92 valence electrons. The highest BCUT2D eigenvalue weighted by Crippen LogP contribution is 2.05. The summed E-state index contributed by atoms with van der Waals surface area (Å²) in [6, 6.07) is 0. The largest absolute Gasteiger partial charge is 0.315 e. The van der Waals surface area contributed by atoms with E-state index in [1.54, 1.807) is 0 Å². The van der Waals surface area contributed by atoms with E-state index in [1.807, 2.05) is 0 Å². The van der Waals surface area contributed by atoms with Gasteiger partial charge in [-0.15, -0.1) is 0 Å². The van der Waals surface area contributed by atoms with E-state index in [0.717, 1.165) is 26.2 Å². The third-order valence-electron chi connectivity index (χ3n) is 2.48. The van der Waals surface area contributed by atoms with Gasteiger partial charge in [-0.3, -0.25) is 0 Å². The Morgan fingerprint density at radius 1 is 0.733 bits per heavy atom. The molecule has 15 heavy (non-hydrogen) atoms. The Kier molecular flexibility index (Phi) is 6.41. The van der Waals surface area contributed by atoms with Gasteiger partial charge < -0.3 is 16.0 Å². The lowest BCUT2D eigenvalue weighted by atomic mass is 10.0. The first-order chi connectivity index (χ1) is 6.83. The minimum Gasteiger partial charge on any atom is -0.315 e. The van der Waals surface area contributed by atoms with Gasteiger partial charge in [0, 0.05) is 24.2 Å². The lowest BCUT2D eigenvalue weighted by molar-refractivity contribution is 0.297. The molecule has 0 atom stereocenters. The Hall–Kier alpha value is -0.120. The summed E-state index contributed by atoms with van der Waals surface area (Å²) < 4.78 is 0. The zero-order chi connectivity index (χ0) is 11.9. The predicted molar refractivity (Wildman–Crippen MR) is 68.4 cm³/mol. The SMILES string of the molecule is CCNCC(C)(C)NCC(C)(C)NCC. The predicted octanol–water partition coefficient (Wildman–Crippen LogP) is 1.35. The first-order valence-electron chi connectivity index (χ1n) is 6.04. The first-order valence-corrected chi connectivity index (χ1v) is 6.04. The van der Waals surface area contributed by atoms with Crippen molar-refractivity contribution in [1.29, 1.82) is 0 Å². The van der Waals surface area contributed by atoms with E-state index in [-0.39, 0.29) is 11.1 Å². The van der Waals surface area contributed by atoms with Crippen molar-refractivity contribution in [1.82, 2.24) is 16.0 Å². The van der Waals surface area contributed by atoms with Gasteiger partial charge in [-0.05, 0) is 40.8 Å². The zero-order valence-electron chi connectivity index (χ0n) is 11.3. The fourth-order valence-electron chi connectivity index (χ4n) is 1.50. The van der Waals surface area contributed by atoms with Crippen molar-refractivity contribution in [2.45, 2.75) is 52.6 Å². The van der Waals surface area contributed by atoms with E-state index < -0.39 is 0 Å². The van der Waals surface area contributed by atoms with E-state index in [4.69, 9.17) is 0 Å². The summed E-state index contributed by atoms with van der Waals surface area (Å²) in [5.41, 5.74) is 0.320. The lowest BCUT2D eigenvalue weighted by Gasteiger charge is -2.33. The quantitative estimate of drug-likeness (QED) is 0.572. The molecule has 0 aliphatic rings. The van der Waals surface area contributed by atoms with Crippen molar-refractivity contribution >= 4 is 0 Å². The second-order valence-corrected chi connectivity index (χ2v) is 5.43. The van der Waals surface area contributed by atoms with Gasteiger partial charge >= 0.3 is 0 Å². The third kappa shape index (κ3) is 7.77. The molecule has 0 saturated heterocycles. The average molecular weight is 215 g/mol. The van der Waals surface area contributed by atoms with Crippen molar-refractivity contribution in [2.24, 2.45) is 0 Å². The molecule has 3 N–H and O–H groups in total. The second-order valence-electron chi connectivity index (χ2n) is 5.43. The molecule has 3 nitrogen and oxygen atoms in total. The van der Waals surface area contributed by atoms with Gasteiger partial charge in [0.25, 0.3) is 0 Å². The molecule has 0 fully saturated rings. The summed E-state index contributed by atoms with van der Waals surface area (Å²) in [7, 11) is 0. The van der Waals surface area contributed by atoms with Crippen molar-refractivity contribution in [3.05, 3.63) is 0 Å². The van der Waals surface area contributed by atoms with Gasteiger partial charge in [-0.2, -0.15) is 0 Å². The maximum atomic E-state index is 3.59. The smallest absolute Gasteiger partial charge is 0.0250 e. The Morgan fingerprint density at radius 3 is 1.73 bits per heavy atom. The number of hydrogen-bond donors (Lipinski definition) is 3. The maximum absolute atomic E-state index is 3.59. The summed E-state index contributed by atoms with van der Waals surface area (Å²) in [5.74, 6) is 0. The fourth-order valence-corrected chi connectivity index (χ4v) is 1.50. The van der Waals surface area contributed by atoms with Crippen LogP contribution in [0.4, 0.5) is 0 Å². The summed E-state index contributed by atoms with van der Waals surface area (Å²) in [4.78, 5) is 0. The lowest BCUT2D eigenvalue weighted by Crippen LogP contribution is -2.56. The van der Waals surface area contributed by atoms with Crippen LogP contribution in [0.5, 0.6) is 0 Å². The van der Waals surface area contributed by atoms with Gasteiger partial charge in [-0.25, -0.2) is 0 Å². The standard InChI is InChI=1S/C12H29N3/c1-7-13-9-11(3,4)15-10-12(5,6)14-8-2/h13-15H,7-10H2,1-6H3. The van der Waals surface area contributed by atoms with Crippen LogP contribution in [0.3, 0.4) is 0 Å². The third-order valence-corrected chi connectivity index (χ3v) is 2.48. The molecule has 0 saturated carbocycles. The highest BCUT2D eigenvalue weighted by atomic mass is 15.1. The van der Waals surface area contributed by atoms with Crippen LogP contribution in [-0.4, -0.2) is 37.3 Å². The number of rotatable bonds is 8. The average Bonchev–Trinajstić information content (AvgIpc) is 2.12. The number of likely N-dealkylation sites (N-methyl/N-ethyl adjacent to an activating group) is 2. The topological polar surface area (TPSA) is 36.1 Å². The molecular formula is C12H29N3. The molecule has 0 aromatic carbocycles. The van der Waals surface area contributed by atoms with E-state index in [2.05, 4.69) is 57.5 Å². The van der Waals surface area contributed by atoms with Crippen LogP contribution in [0.25, 0.3) is 0 Å². The van der Waals surface area contributed by atoms with Crippen LogP contribution in [0.15, 0.2) is 0 Å². The minimum absolute atomic E-state index is 0.155. The van der Waals surface area contributed by atoms with Gasteiger partial charge in [0.2, 0.25) is 0 Å². The molecule has 0 radical (unpaired) electrons.